The van der Waals surface area contributed by atoms with E-state index in [9.17, 15) is 4.79 Å². The van der Waals surface area contributed by atoms with Gasteiger partial charge in [-0.15, -0.1) is 0 Å². The van der Waals surface area contributed by atoms with Gasteiger partial charge in [-0.3, -0.25) is 0 Å². The Labute approximate surface area is 134 Å². The van der Waals surface area contributed by atoms with Gasteiger partial charge in [0, 0.05) is 43.5 Å². The summed E-state index contributed by atoms with van der Waals surface area (Å²) in [7, 11) is 4.29. The van der Waals surface area contributed by atoms with E-state index in [4.69, 9.17) is 5.73 Å². The Hall–Kier alpha value is -1.49. The van der Waals surface area contributed by atoms with Crippen LogP contribution in [0.5, 0.6) is 0 Å². The van der Waals surface area contributed by atoms with Crippen LogP contribution >= 0.6 is 0 Å². The topological polar surface area (TPSA) is 61.6 Å². The van der Waals surface area contributed by atoms with Crippen LogP contribution in [0.1, 0.15) is 38.5 Å². The van der Waals surface area contributed by atoms with Gasteiger partial charge in [-0.2, -0.15) is 0 Å². The number of carbonyl (C=O) groups excluding carboxylic acids is 1. The van der Waals surface area contributed by atoms with Crippen molar-refractivity contribution < 1.29 is 4.79 Å². The molecule has 5 heteroatoms. The Bertz CT molecular complexity index is 422. The number of likely N-dealkylation sites (tertiary alicyclic amines) is 1. The number of rotatable bonds is 5. The zero-order valence-electron chi connectivity index (χ0n) is 14.0. The van der Waals surface area contributed by atoms with Crippen molar-refractivity contribution in [1.29, 1.82) is 0 Å². The number of hydrogen-bond acceptors (Lipinski definition) is 5. The molecule has 0 bridgehead atoms. The molecular formula is C17H30N4O. The number of allylic oxidation sites excluding steroid dienone is 1. The van der Waals surface area contributed by atoms with E-state index in [1.54, 1.807) is 6.20 Å². The molecular weight excluding hydrogens is 276 g/mol. The van der Waals surface area contributed by atoms with Crippen LogP contribution in [0.15, 0.2) is 23.7 Å². The minimum absolute atomic E-state index is 0.191. The Morgan fingerprint density at radius 2 is 2.05 bits per heavy atom. The standard InChI is InChI=1S/C17H30N4O/c1-20(2)17(6-3-11-22)7-9-21(10-8-17)14-15-4-5-16(12-18)19-13-15/h11-12,14,19H,3-10,13,18H2,1-2H3/b15-14+,16-12-. The predicted molar refractivity (Wildman–Crippen MR) is 90.1 cm³/mol. The Morgan fingerprint density at radius 3 is 2.55 bits per heavy atom. The van der Waals surface area contributed by atoms with Gasteiger partial charge in [-0.05, 0) is 58.0 Å². The van der Waals surface area contributed by atoms with Gasteiger partial charge in [-0.25, -0.2) is 0 Å². The monoisotopic (exact) mass is 306 g/mol. The highest BCUT2D eigenvalue weighted by Gasteiger charge is 2.35. The maximum absolute atomic E-state index is 10.7. The summed E-state index contributed by atoms with van der Waals surface area (Å²) in [5.41, 5.74) is 8.34. The van der Waals surface area contributed by atoms with Crippen molar-refractivity contribution in [2.24, 2.45) is 5.73 Å². The second-order valence-corrected chi connectivity index (χ2v) is 6.69. The van der Waals surface area contributed by atoms with Crippen molar-refractivity contribution in [3.8, 4) is 0 Å². The minimum Gasteiger partial charge on any atom is -0.403 e. The van der Waals surface area contributed by atoms with E-state index in [0.717, 1.165) is 63.7 Å². The van der Waals surface area contributed by atoms with Crippen molar-refractivity contribution in [3.63, 3.8) is 0 Å². The normalized spacial score (nSPS) is 25.5. The van der Waals surface area contributed by atoms with Crippen LogP contribution in [0.2, 0.25) is 0 Å². The molecule has 22 heavy (non-hydrogen) atoms. The molecule has 5 nitrogen and oxygen atoms in total. The van der Waals surface area contributed by atoms with Gasteiger partial charge in [-0.1, -0.05) is 0 Å². The molecule has 2 fully saturated rings. The van der Waals surface area contributed by atoms with Crippen LogP contribution in [0.4, 0.5) is 0 Å². The second kappa shape index (κ2) is 7.68. The zero-order valence-corrected chi connectivity index (χ0v) is 14.0. The largest absolute Gasteiger partial charge is 0.403 e. The maximum Gasteiger partial charge on any atom is 0.120 e. The van der Waals surface area contributed by atoms with Crippen LogP contribution in [-0.4, -0.2) is 55.4 Å². The third kappa shape index (κ3) is 4.03. The molecule has 2 saturated heterocycles. The van der Waals surface area contributed by atoms with Gasteiger partial charge < -0.3 is 25.6 Å². The molecule has 0 unspecified atom stereocenters. The van der Waals surface area contributed by atoms with Gasteiger partial charge in [0.25, 0.3) is 0 Å². The van der Waals surface area contributed by atoms with Crippen LogP contribution in [-0.2, 0) is 4.79 Å². The van der Waals surface area contributed by atoms with Gasteiger partial charge in [0.2, 0.25) is 0 Å². The third-order valence-corrected chi connectivity index (χ3v) is 5.23. The number of aldehydes is 1. The molecule has 0 aliphatic carbocycles. The van der Waals surface area contributed by atoms with Gasteiger partial charge in [0.05, 0.1) is 0 Å². The molecule has 2 rings (SSSR count). The molecule has 2 aliphatic heterocycles. The fourth-order valence-corrected chi connectivity index (χ4v) is 3.53. The quantitative estimate of drug-likeness (QED) is 0.753. The first kappa shape index (κ1) is 16.9. The van der Waals surface area contributed by atoms with E-state index >= 15 is 0 Å². The molecule has 0 amide bonds. The number of piperidine rings is 2. The summed E-state index contributed by atoms with van der Waals surface area (Å²) in [4.78, 5) is 15.5. The minimum atomic E-state index is 0.191. The van der Waals surface area contributed by atoms with E-state index in [1.807, 2.05) is 0 Å². The molecule has 0 spiro atoms. The van der Waals surface area contributed by atoms with Gasteiger partial charge >= 0.3 is 0 Å². The van der Waals surface area contributed by atoms with Crippen molar-refractivity contribution in [3.05, 3.63) is 23.7 Å². The fraction of sp³-hybridized carbons (Fsp3) is 0.706. The number of hydrogen-bond donors (Lipinski definition) is 2. The number of nitrogens with zero attached hydrogens (tertiary/aromatic N) is 2. The molecule has 0 aromatic carbocycles. The third-order valence-electron chi connectivity index (χ3n) is 5.23. The SMILES string of the molecule is CN(C)C1(CCC=O)CCN(/C=C2\CC/C(=C/N)NC2)CC1. The smallest absolute Gasteiger partial charge is 0.120 e. The van der Waals surface area contributed by atoms with Gasteiger partial charge in [0.15, 0.2) is 0 Å². The summed E-state index contributed by atoms with van der Waals surface area (Å²) in [5.74, 6) is 0. The summed E-state index contributed by atoms with van der Waals surface area (Å²) < 4.78 is 0. The summed E-state index contributed by atoms with van der Waals surface area (Å²) in [5, 5.41) is 3.36. The molecule has 2 aliphatic rings. The molecule has 0 aromatic heterocycles. The summed E-state index contributed by atoms with van der Waals surface area (Å²) in [6.45, 7) is 3.05. The van der Waals surface area contributed by atoms with Crippen molar-refractivity contribution in [2.75, 3.05) is 33.7 Å². The van der Waals surface area contributed by atoms with Crippen LogP contribution in [0.3, 0.4) is 0 Å². The van der Waals surface area contributed by atoms with Crippen LogP contribution in [0, 0.1) is 0 Å². The highest BCUT2D eigenvalue weighted by molar-refractivity contribution is 5.49. The van der Waals surface area contributed by atoms with E-state index in [-0.39, 0.29) is 5.54 Å². The van der Waals surface area contributed by atoms with E-state index in [2.05, 4.69) is 35.4 Å². The lowest BCUT2D eigenvalue weighted by molar-refractivity contribution is -0.108. The van der Waals surface area contributed by atoms with Crippen molar-refractivity contribution in [1.82, 2.24) is 15.1 Å². The number of carbonyl (C=O) groups is 1. The molecule has 2 heterocycles. The molecule has 3 N–H and O–H groups in total. The van der Waals surface area contributed by atoms with Gasteiger partial charge in [0.1, 0.15) is 6.29 Å². The number of nitrogens with two attached hydrogens (primary N) is 1. The fourth-order valence-electron chi connectivity index (χ4n) is 3.53. The van der Waals surface area contributed by atoms with E-state index < -0.39 is 0 Å². The average Bonchev–Trinajstić information content (AvgIpc) is 2.55. The molecule has 0 aromatic rings. The molecule has 0 radical (unpaired) electrons. The lowest BCUT2D eigenvalue weighted by Gasteiger charge is -2.46. The summed E-state index contributed by atoms with van der Waals surface area (Å²) >= 11 is 0. The second-order valence-electron chi connectivity index (χ2n) is 6.69. The zero-order chi connectivity index (χ0) is 16.0. The molecule has 0 atom stereocenters. The van der Waals surface area contributed by atoms with Crippen LogP contribution in [0.25, 0.3) is 0 Å². The van der Waals surface area contributed by atoms with Crippen molar-refractivity contribution >= 4 is 6.29 Å². The van der Waals surface area contributed by atoms with E-state index in [1.165, 1.54) is 5.57 Å². The first-order chi connectivity index (χ1) is 10.6. The molecule has 0 saturated carbocycles. The summed E-state index contributed by atoms with van der Waals surface area (Å²) in [6, 6.07) is 0. The Balaban J connectivity index is 1.89. The Kier molecular flexibility index (Phi) is 5.89. The summed E-state index contributed by atoms with van der Waals surface area (Å²) in [6.07, 6.45) is 11.1. The molecule has 124 valence electrons. The predicted octanol–water partition coefficient (Wildman–Crippen LogP) is 1.43. The highest BCUT2D eigenvalue weighted by atomic mass is 16.1. The lowest BCUT2D eigenvalue weighted by atomic mass is 9.82. The first-order valence-electron chi connectivity index (χ1n) is 8.29. The van der Waals surface area contributed by atoms with Crippen molar-refractivity contribution in [2.45, 2.75) is 44.1 Å². The maximum atomic E-state index is 10.7. The highest BCUT2D eigenvalue weighted by Crippen LogP contribution is 2.32. The van der Waals surface area contributed by atoms with E-state index in [0.29, 0.717) is 6.42 Å². The average molecular weight is 306 g/mol. The van der Waals surface area contributed by atoms with Crippen LogP contribution < -0.4 is 11.1 Å². The Morgan fingerprint density at radius 1 is 1.32 bits per heavy atom. The lowest BCUT2D eigenvalue weighted by Crippen LogP contribution is -2.51. The number of nitrogens with one attached hydrogen (secondary N) is 1. The first-order valence-corrected chi connectivity index (χ1v) is 8.29.